The van der Waals surface area contributed by atoms with E-state index in [2.05, 4.69) is 14.9 Å². The highest BCUT2D eigenvalue weighted by molar-refractivity contribution is 5.75. The van der Waals surface area contributed by atoms with Gasteiger partial charge >= 0.3 is 0 Å². The van der Waals surface area contributed by atoms with Crippen LogP contribution in [0.1, 0.15) is 24.5 Å². The predicted octanol–water partition coefficient (Wildman–Crippen LogP) is 1.94. The smallest absolute Gasteiger partial charge is 0.241 e. The molecular formula is C18H22N4O3. The lowest BCUT2D eigenvalue weighted by atomic mass is 9.94. The molecular weight excluding hydrogens is 320 g/mol. The molecule has 2 aromatic rings. The molecule has 0 radical (unpaired) electrons. The van der Waals surface area contributed by atoms with E-state index in [1.165, 1.54) is 0 Å². The highest BCUT2D eigenvalue weighted by Crippen LogP contribution is 2.33. The lowest BCUT2D eigenvalue weighted by Crippen LogP contribution is -2.40. The van der Waals surface area contributed by atoms with Crippen molar-refractivity contribution in [3.8, 4) is 17.4 Å². The second-order valence-electron chi connectivity index (χ2n) is 6.07. The molecule has 0 aliphatic carbocycles. The van der Waals surface area contributed by atoms with Gasteiger partial charge in [-0.15, -0.1) is 0 Å². The number of carbonyl (C=O) groups excluding carboxylic acids is 1. The first-order valence-electron chi connectivity index (χ1n) is 8.29. The Labute approximate surface area is 146 Å². The topological polar surface area (TPSA) is 90.6 Å². The molecule has 2 heterocycles. The molecule has 1 aromatic heterocycles. The van der Waals surface area contributed by atoms with Crippen molar-refractivity contribution in [2.75, 3.05) is 26.7 Å². The average Bonchev–Trinajstić information content (AvgIpc) is 2.62. The number of benzene rings is 1. The van der Waals surface area contributed by atoms with Crippen molar-refractivity contribution < 1.29 is 14.3 Å². The summed E-state index contributed by atoms with van der Waals surface area (Å²) >= 11 is 0. The molecule has 0 unspecified atom stereocenters. The zero-order valence-electron chi connectivity index (χ0n) is 14.2. The molecule has 7 nitrogen and oxygen atoms in total. The van der Waals surface area contributed by atoms with Crippen molar-refractivity contribution in [2.45, 2.75) is 18.8 Å². The first-order valence-corrected chi connectivity index (χ1v) is 8.29. The highest BCUT2D eigenvalue weighted by atomic mass is 16.5. The summed E-state index contributed by atoms with van der Waals surface area (Å²) in [5.74, 6) is 1.69. The summed E-state index contributed by atoms with van der Waals surface area (Å²) in [5.41, 5.74) is 6.13. The van der Waals surface area contributed by atoms with E-state index in [9.17, 15) is 4.79 Å². The third-order valence-electron chi connectivity index (χ3n) is 4.22. The van der Waals surface area contributed by atoms with Gasteiger partial charge in [-0.05, 0) is 31.5 Å². The van der Waals surface area contributed by atoms with Gasteiger partial charge in [-0.25, -0.2) is 4.98 Å². The summed E-state index contributed by atoms with van der Waals surface area (Å²) in [7, 11) is 1.61. The number of aromatic nitrogens is 2. The molecule has 0 saturated carbocycles. The number of ether oxygens (including phenoxy) is 2. The number of rotatable bonds is 6. The summed E-state index contributed by atoms with van der Waals surface area (Å²) in [6.07, 6.45) is 5.24. The summed E-state index contributed by atoms with van der Waals surface area (Å²) in [4.78, 5) is 22.1. The molecule has 1 fully saturated rings. The third-order valence-corrected chi connectivity index (χ3v) is 4.22. The fraction of sp³-hybridized carbons (Fsp3) is 0.389. The third kappa shape index (κ3) is 4.45. The van der Waals surface area contributed by atoms with Gasteiger partial charge in [0, 0.05) is 30.9 Å². The van der Waals surface area contributed by atoms with Crippen LogP contribution in [0.5, 0.6) is 17.4 Å². The number of primary amides is 1. The zero-order chi connectivity index (χ0) is 17.6. The minimum absolute atomic E-state index is 0.155. The monoisotopic (exact) mass is 342 g/mol. The number of amides is 1. The van der Waals surface area contributed by atoms with Gasteiger partial charge in [-0.1, -0.05) is 6.07 Å². The lowest BCUT2D eigenvalue weighted by Gasteiger charge is -2.31. The van der Waals surface area contributed by atoms with E-state index in [0.717, 1.165) is 31.6 Å². The van der Waals surface area contributed by atoms with Gasteiger partial charge in [0.15, 0.2) is 0 Å². The number of nitrogens with zero attached hydrogens (tertiary/aromatic N) is 3. The SMILES string of the molecule is COc1cccc(Oc2nccnc2[C@@H]2CCCN(CC(N)=O)C2)c1. The number of carbonyl (C=O) groups is 1. The Morgan fingerprint density at radius 2 is 2.12 bits per heavy atom. The zero-order valence-corrected chi connectivity index (χ0v) is 14.2. The Hall–Kier alpha value is -2.67. The number of nitrogens with two attached hydrogens (primary N) is 1. The van der Waals surface area contributed by atoms with Gasteiger partial charge in [0.05, 0.1) is 13.7 Å². The highest BCUT2D eigenvalue weighted by Gasteiger charge is 2.26. The van der Waals surface area contributed by atoms with Gasteiger partial charge in [0.25, 0.3) is 0 Å². The molecule has 1 aliphatic heterocycles. The van der Waals surface area contributed by atoms with Crippen LogP contribution in [-0.2, 0) is 4.79 Å². The van der Waals surface area contributed by atoms with E-state index in [1.807, 2.05) is 18.2 Å². The van der Waals surface area contributed by atoms with Crippen molar-refractivity contribution >= 4 is 5.91 Å². The lowest BCUT2D eigenvalue weighted by molar-refractivity contribution is -0.119. The van der Waals surface area contributed by atoms with Gasteiger partial charge in [0.1, 0.15) is 17.2 Å². The maximum Gasteiger partial charge on any atom is 0.241 e. The predicted molar refractivity (Wildman–Crippen MR) is 92.7 cm³/mol. The molecule has 2 N–H and O–H groups in total. The summed E-state index contributed by atoms with van der Waals surface area (Å²) in [6, 6.07) is 7.37. The van der Waals surface area contributed by atoms with Crippen LogP contribution in [0, 0.1) is 0 Å². The maximum absolute atomic E-state index is 11.2. The summed E-state index contributed by atoms with van der Waals surface area (Å²) in [5, 5.41) is 0. The molecule has 0 bridgehead atoms. The average molecular weight is 342 g/mol. The molecule has 132 valence electrons. The van der Waals surface area contributed by atoms with Crippen molar-refractivity contribution in [1.82, 2.24) is 14.9 Å². The van der Waals surface area contributed by atoms with E-state index >= 15 is 0 Å². The van der Waals surface area contributed by atoms with Crippen molar-refractivity contribution in [3.05, 3.63) is 42.4 Å². The van der Waals surface area contributed by atoms with E-state index in [0.29, 0.717) is 17.4 Å². The number of piperidine rings is 1. The van der Waals surface area contributed by atoms with Crippen molar-refractivity contribution in [2.24, 2.45) is 5.73 Å². The van der Waals surface area contributed by atoms with Crippen LogP contribution in [0.4, 0.5) is 0 Å². The van der Waals surface area contributed by atoms with Gasteiger partial charge in [-0.2, -0.15) is 0 Å². The van der Waals surface area contributed by atoms with Crippen LogP contribution in [0.15, 0.2) is 36.7 Å². The molecule has 7 heteroatoms. The molecule has 1 aromatic carbocycles. The van der Waals surface area contributed by atoms with Crippen LogP contribution in [0.2, 0.25) is 0 Å². The largest absolute Gasteiger partial charge is 0.497 e. The van der Waals surface area contributed by atoms with E-state index in [1.54, 1.807) is 25.6 Å². The number of methoxy groups -OCH3 is 1. The summed E-state index contributed by atoms with van der Waals surface area (Å²) < 4.78 is 11.2. The standard InChI is InChI=1S/C18H22N4O3/c1-24-14-5-2-6-15(10-14)25-18-17(20-7-8-21-18)13-4-3-9-22(11-13)12-16(19)23/h2,5-8,10,13H,3-4,9,11-12H2,1H3,(H2,19,23)/t13-/m1/s1. The molecule has 3 rings (SSSR count). The number of hydrogen-bond donors (Lipinski definition) is 1. The van der Waals surface area contributed by atoms with Crippen LogP contribution in [-0.4, -0.2) is 47.5 Å². The Morgan fingerprint density at radius 1 is 1.32 bits per heavy atom. The molecule has 1 amide bonds. The van der Waals surface area contributed by atoms with E-state index in [4.69, 9.17) is 15.2 Å². The molecule has 0 spiro atoms. The van der Waals surface area contributed by atoms with Crippen molar-refractivity contribution in [1.29, 1.82) is 0 Å². The fourth-order valence-electron chi connectivity index (χ4n) is 3.11. The van der Waals surface area contributed by atoms with Crippen molar-refractivity contribution in [3.63, 3.8) is 0 Å². The van der Waals surface area contributed by atoms with E-state index < -0.39 is 0 Å². The Kier molecular flexibility index (Phi) is 5.45. The maximum atomic E-state index is 11.2. The first-order chi connectivity index (χ1) is 12.2. The van der Waals surface area contributed by atoms with Gasteiger partial charge < -0.3 is 15.2 Å². The van der Waals surface area contributed by atoms with Crippen LogP contribution >= 0.6 is 0 Å². The number of hydrogen-bond acceptors (Lipinski definition) is 6. The van der Waals surface area contributed by atoms with Gasteiger partial charge in [-0.3, -0.25) is 14.7 Å². The minimum atomic E-state index is -0.312. The van der Waals surface area contributed by atoms with Crippen LogP contribution < -0.4 is 15.2 Å². The quantitative estimate of drug-likeness (QED) is 0.863. The first kappa shape index (κ1) is 17.2. The Morgan fingerprint density at radius 3 is 2.92 bits per heavy atom. The minimum Gasteiger partial charge on any atom is -0.497 e. The molecule has 1 aliphatic rings. The molecule has 1 atom stereocenters. The van der Waals surface area contributed by atoms with Crippen LogP contribution in [0.3, 0.4) is 0 Å². The second-order valence-corrected chi connectivity index (χ2v) is 6.07. The molecule has 1 saturated heterocycles. The Balaban J connectivity index is 1.79. The normalized spacial score (nSPS) is 17.9. The number of likely N-dealkylation sites (tertiary alicyclic amines) is 1. The van der Waals surface area contributed by atoms with Gasteiger partial charge in [0.2, 0.25) is 11.8 Å². The molecule has 25 heavy (non-hydrogen) atoms. The van der Waals surface area contributed by atoms with Crippen LogP contribution in [0.25, 0.3) is 0 Å². The second kappa shape index (κ2) is 7.94. The van der Waals surface area contributed by atoms with E-state index in [-0.39, 0.29) is 18.4 Å². The summed E-state index contributed by atoms with van der Waals surface area (Å²) in [6.45, 7) is 1.85. The Bertz CT molecular complexity index is 738. The fourth-order valence-corrected chi connectivity index (χ4v) is 3.11.